The molecule has 5 aromatic rings. The summed E-state index contributed by atoms with van der Waals surface area (Å²) >= 11 is 10.8. The smallest absolute Gasteiger partial charge is 0.267 e. The van der Waals surface area contributed by atoms with Crippen molar-refractivity contribution in [2.75, 3.05) is 11.1 Å². The average molecular weight is 593 g/mol. The zero-order valence-corrected chi connectivity index (χ0v) is 24.2. The molecular formula is C29H25ClN4O2S3. The zero-order valence-electron chi connectivity index (χ0n) is 21.0. The second-order valence-electron chi connectivity index (χ2n) is 9.31. The molecule has 0 radical (unpaired) electrons. The van der Waals surface area contributed by atoms with Gasteiger partial charge in [-0.3, -0.25) is 14.2 Å². The molecule has 3 aromatic heterocycles. The second-order valence-corrected chi connectivity index (χ2v) is 13.0. The third-order valence-electron chi connectivity index (χ3n) is 6.66. The maximum Gasteiger partial charge on any atom is 0.267 e. The summed E-state index contributed by atoms with van der Waals surface area (Å²) in [5.74, 6) is 0.363. The standard InChI is InChI=1S/C29H25ClN4O2S3/c30-22-12-6-4-8-18(22)16-20-17-31-28(38-20)32-24(35)14-15-37-29-33-26-25(21-11-5-7-13-23(21)39-26)27(36)34(29)19-9-2-1-3-10-19/h1-4,6,8-10,12,17H,5,7,11,13-16H2,(H,31,32,35). The van der Waals surface area contributed by atoms with E-state index >= 15 is 0 Å². The summed E-state index contributed by atoms with van der Waals surface area (Å²) in [7, 11) is 0. The number of thiazole rings is 1. The number of anilines is 1. The molecule has 0 saturated heterocycles. The minimum atomic E-state index is -0.123. The molecule has 0 bridgehead atoms. The summed E-state index contributed by atoms with van der Waals surface area (Å²) in [5.41, 5.74) is 2.97. The van der Waals surface area contributed by atoms with Crippen molar-refractivity contribution in [3.63, 3.8) is 0 Å². The lowest BCUT2D eigenvalue weighted by atomic mass is 9.97. The number of rotatable bonds is 8. The number of amides is 1. The van der Waals surface area contributed by atoms with Crippen molar-refractivity contribution in [2.24, 2.45) is 0 Å². The number of benzene rings is 2. The molecule has 1 amide bonds. The van der Waals surface area contributed by atoms with E-state index in [4.69, 9.17) is 16.6 Å². The van der Waals surface area contributed by atoms with Crippen molar-refractivity contribution in [2.45, 2.75) is 43.7 Å². The fourth-order valence-electron chi connectivity index (χ4n) is 4.78. The van der Waals surface area contributed by atoms with Gasteiger partial charge in [-0.2, -0.15) is 0 Å². The zero-order chi connectivity index (χ0) is 26.8. The average Bonchev–Trinajstić information content (AvgIpc) is 3.54. The normalized spacial score (nSPS) is 12.9. The topological polar surface area (TPSA) is 76.9 Å². The van der Waals surface area contributed by atoms with E-state index < -0.39 is 0 Å². The van der Waals surface area contributed by atoms with Crippen LogP contribution in [0.2, 0.25) is 5.02 Å². The number of carbonyl (C=O) groups excluding carboxylic acids is 1. The number of hydrogen-bond donors (Lipinski definition) is 1. The van der Waals surface area contributed by atoms with Crippen LogP contribution in [-0.2, 0) is 24.1 Å². The van der Waals surface area contributed by atoms with Crippen LogP contribution >= 0.6 is 46.0 Å². The van der Waals surface area contributed by atoms with E-state index in [-0.39, 0.29) is 17.9 Å². The van der Waals surface area contributed by atoms with E-state index in [1.807, 2.05) is 54.6 Å². The second kappa shape index (κ2) is 11.6. The van der Waals surface area contributed by atoms with Gasteiger partial charge in [0.2, 0.25) is 5.91 Å². The van der Waals surface area contributed by atoms with Gasteiger partial charge in [-0.05, 0) is 55.0 Å². The predicted molar refractivity (Wildman–Crippen MR) is 162 cm³/mol. The first-order valence-corrected chi connectivity index (χ1v) is 15.8. The van der Waals surface area contributed by atoms with Crippen molar-refractivity contribution in [1.82, 2.24) is 14.5 Å². The third-order valence-corrected chi connectivity index (χ3v) is 10.1. The van der Waals surface area contributed by atoms with Gasteiger partial charge in [-0.25, -0.2) is 9.97 Å². The van der Waals surface area contributed by atoms with Crippen LogP contribution in [0.3, 0.4) is 0 Å². The Morgan fingerprint density at radius 3 is 2.69 bits per heavy atom. The summed E-state index contributed by atoms with van der Waals surface area (Å²) < 4.78 is 1.70. The van der Waals surface area contributed by atoms with Crippen LogP contribution in [0, 0.1) is 0 Å². The van der Waals surface area contributed by atoms with E-state index in [2.05, 4.69) is 10.3 Å². The Balaban J connectivity index is 1.17. The molecule has 0 atom stereocenters. The Kier molecular flexibility index (Phi) is 7.83. The molecule has 2 aromatic carbocycles. The highest BCUT2D eigenvalue weighted by Gasteiger charge is 2.23. The number of nitrogens with one attached hydrogen (secondary N) is 1. The van der Waals surface area contributed by atoms with Gasteiger partial charge < -0.3 is 5.32 Å². The highest BCUT2D eigenvalue weighted by Crippen LogP contribution is 2.35. The molecule has 0 spiro atoms. The molecule has 0 saturated carbocycles. The monoisotopic (exact) mass is 592 g/mol. The first-order valence-electron chi connectivity index (χ1n) is 12.8. The van der Waals surface area contributed by atoms with Gasteiger partial charge in [-0.1, -0.05) is 59.8 Å². The first-order chi connectivity index (χ1) is 19.1. The summed E-state index contributed by atoms with van der Waals surface area (Å²) in [5, 5.41) is 5.56. The van der Waals surface area contributed by atoms with Crippen LogP contribution in [0.15, 0.2) is 70.7 Å². The van der Waals surface area contributed by atoms with Crippen molar-refractivity contribution < 1.29 is 4.79 Å². The number of halogens is 1. The molecule has 1 N–H and O–H groups in total. The van der Waals surface area contributed by atoms with Crippen molar-refractivity contribution in [1.29, 1.82) is 0 Å². The van der Waals surface area contributed by atoms with E-state index in [1.165, 1.54) is 33.5 Å². The lowest BCUT2D eigenvalue weighted by molar-refractivity contribution is -0.115. The predicted octanol–water partition coefficient (Wildman–Crippen LogP) is 7.15. The van der Waals surface area contributed by atoms with Crippen molar-refractivity contribution >= 4 is 67.3 Å². The molecule has 6 rings (SSSR count). The highest BCUT2D eigenvalue weighted by atomic mass is 35.5. The summed E-state index contributed by atoms with van der Waals surface area (Å²) in [6, 6.07) is 17.3. The Hall–Kier alpha value is -2.98. The summed E-state index contributed by atoms with van der Waals surface area (Å²) in [4.78, 5) is 38.9. The molecule has 1 aliphatic carbocycles. The Labute approximate surface area is 243 Å². The highest BCUT2D eigenvalue weighted by molar-refractivity contribution is 7.99. The van der Waals surface area contributed by atoms with Crippen LogP contribution in [-0.4, -0.2) is 26.2 Å². The van der Waals surface area contributed by atoms with Gasteiger partial charge >= 0.3 is 0 Å². The number of para-hydroxylation sites is 1. The quantitative estimate of drug-likeness (QED) is 0.153. The number of nitrogens with zero attached hydrogens (tertiary/aromatic N) is 3. The summed E-state index contributed by atoms with van der Waals surface area (Å²) in [6.07, 6.45) is 6.93. The van der Waals surface area contributed by atoms with E-state index in [0.29, 0.717) is 22.5 Å². The van der Waals surface area contributed by atoms with Gasteiger partial charge in [-0.15, -0.1) is 22.7 Å². The molecule has 6 nitrogen and oxygen atoms in total. The lowest BCUT2D eigenvalue weighted by Crippen LogP contribution is -2.22. The number of thiophene rings is 1. The number of thioether (sulfide) groups is 1. The Bertz CT molecular complexity index is 1710. The molecular weight excluding hydrogens is 568 g/mol. The number of carbonyl (C=O) groups is 1. The molecule has 39 heavy (non-hydrogen) atoms. The van der Waals surface area contributed by atoms with Crippen LogP contribution in [0.1, 0.15) is 40.1 Å². The largest absolute Gasteiger partial charge is 0.302 e. The van der Waals surface area contributed by atoms with Gasteiger partial charge in [0.05, 0.1) is 11.1 Å². The maximum atomic E-state index is 13.8. The van der Waals surface area contributed by atoms with Gasteiger partial charge in [0.1, 0.15) is 4.83 Å². The third kappa shape index (κ3) is 5.68. The molecule has 198 valence electrons. The van der Waals surface area contributed by atoms with E-state index in [0.717, 1.165) is 57.1 Å². The molecule has 1 aliphatic rings. The Morgan fingerprint density at radius 2 is 1.85 bits per heavy atom. The fraction of sp³-hybridized carbons (Fsp3) is 0.241. The Morgan fingerprint density at radius 1 is 1.05 bits per heavy atom. The van der Waals surface area contributed by atoms with Crippen LogP contribution in [0.4, 0.5) is 5.13 Å². The number of hydrogen-bond acceptors (Lipinski definition) is 7. The molecule has 10 heteroatoms. The van der Waals surface area contributed by atoms with Crippen molar-refractivity contribution in [3.05, 3.63) is 97.1 Å². The van der Waals surface area contributed by atoms with E-state index in [1.54, 1.807) is 22.1 Å². The van der Waals surface area contributed by atoms with E-state index in [9.17, 15) is 9.59 Å². The number of fused-ring (bicyclic) bond motifs is 3. The summed E-state index contributed by atoms with van der Waals surface area (Å²) in [6.45, 7) is 0. The minimum Gasteiger partial charge on any atom is -0.302 e. The van der Waals surface area contributed by atoms with Gasteiger partial charge in [0, 0.05) is 39.6 Å². The molecule has 0 fully saturated rings. The number of aryl methyl sites for hydroxylation is 2. The SMILES string of the molecule is O=C(CCSc1nc2sc3c(c2c(=O)n1-c1ccccc1)CCCC3)Nc1ncc(Cc2ccccc2Cl)s1. The van der Waals surface area contributed by atoms with Gasteiger partial charge in [0.15, 0.2) is 10.3 Å². The van der Waals surface area contributed by atoms with Crippen molar-refractivity contribution in [3.8, 4) is 5.69 Å². The molecule has 3 heterocycles. The lowest BCUT2D eigenvalue weighted by Gasteiger charge is -2.13. The van der Waals surface area contributed by atoms with Crippen LogP contribution in [0.5, 0.6) is 0 Å². The van der Waals surface area contributed by atoms with Crippen LogP contribution < -0.4 is 10.9 Å². The first kappa shape index (κ1) is 26.3. The molecule has 0 aliphatic heterocycles. The minimum absolute atomic E-state index is 0.0219. The number of aromatic nitrogens is 3. The molecule has 0 unspecified atom stereocenters. The van der Waals surface area contributed by atoms with Gasteiger partial charge in [0.25, 0.3) is 5.56 Å². The fourth-order valence-corrected chi connectivity index (χ4v) is 8.09. The maximum absolute atomic E-state index is 13.8. The van der Waals surface area contributed by atoms with Crippen LogP contribution in [0.25, 0.3) is 15.9 Å².